The molecule has 0 fully saturated rings. The van der Waals surface area contributed by atoms with Crippen molar-refractivity contribution in [2.45, 2.75) is 11.8 Å². The number of hydrogen-bond acceptors (Lipinski definition) is 5. The lowest BCUT2D eigenvalue weighted by Crippen LogP contribution is -2.16. The number of sulfonamides is 1. The van der Waals surface area contributed by atoms with E-state index in [2.05, 4.69) is 15.0 Å². The van der Waals surface area contributed by atoms with Crippen LogP contribution in [0.25, 0.3) is 10.6 Å². The molecule has 0 radical (unpaired) electrons. The SMILES string of the molecule is Cc1ccc(NS(=O)(=O)c2cccc(C(=O)Nc3ccc(-c4nccs4)cc3)c2)cc1. The molecule has 0 aliphatic carbocycles. The van der Waals surface area contributed by atoms with Crippen molar-refractivity contribution in [1.29, 1.82) is 0 Å². The zero-order valence-corrected chi connectivity index (χ0v) is 18.2. The molecule has 0 aliphatic rings. The summed E-state index contributed by atoms with van der Waals surface area (Å²) in [6.45, 7) is 1.92. The van der Waals surface area contributed by atoms with E-state index in [0.717, 1.165) is 16.1 Å². The van der Waals surface area contributed by atoms with E-state index in [1.807, 2.05) is 36.6 Å². The molecule has 3 aromatic carbocycles. The molecule has 0 bridgehead atoms. The Balaban J connectivity index is 1.49. The van der Waals surface area contributed by atoms with Crippen LogP contribution in [-0.4, -0.2) is 19.3 Å². The van der Waals surface area contributed by atoms with Gasteiger partial charge in [-0.25, -0.2) is 13.4 Å². The van der Waals surface area contributed by atoms with Crippen molar-refractivity contribution in [2.75, 3.05) is 10.0 Å². The summed E-state index contributed by atoms with van der Waals surface area (Å²) in [7, 11) is -3.82. The molecule has 156 valence electrons. The number of aromatic nitrogens is 1. The van der Waals surface area contributed by atoms with Gasteiger partial charge in [0, 0.05) is 34.1 Å². The average molecular weight is 450 g/mol. The number of thiazole rings is 1. The summed E-state index contributed by atoms with van der Waals surface area (Å²) in [4.78, 5) is 16.9. The maximum Gasteiger partial charge on any atom is 0.261 e. The second-order valence-electron chi connectivity index (χ2n) is 6.87. The highest BCUT2D eigenvalue weighted by molar-refractivity contribution is 7.92. The van der Waals surface area contributed by atoms with Crippen LogP contribution in [0.4, 0.5) is 11.4 Å². The first-order chi connectivity index (χ1) is 14.9. The third-order valence-electron chi connectivity index (χ3n) is 4.53. The quantitative estimate of drug-likeness (QED) is 0.425. The highest BCUT2D eigenvalue weighted by Gasteiger charge is 2.17. The Bertz CT molecular complexity index is 1300. The number of aryl methyl sites for hydroxylation is 1. The third-order valence-corrected chi connectivity index (χ3v) is 6.73. The number of nitrogens with zero attached hydrogens (tertiary/aromatic N) is 1. The largest absolute Gasteiger partial charge is 0.322 e. The summed E-state index contributed by atoms with van der Waals surface area (Å²) in [6, 6.07) is 20.3. The zero-order valence-electron chi connectivity index (χ0n) is 16.6. The van der Waals surface area contributed by atoms with Crippen molar-refractivity contribution in [3.05, 3.63) is 95.5 Å². The van der Waals surface area contributed by atoms with Crippen molar-refractivity contribution >= 4 is 38.6 Å². The highest BCUT2D eigenvalue weighted by Crippen LogP contribution is 2.24. The zero-order chi connectivity index (χ0) is 21.8. The monoisotopic (exact) mass is 449 g/mol. The molecule has 1 amide bonds. The van der Waals surface area contributed by atoms with Crippen LogP contribution in [-0.2, 0) is 10.0 Å². The van der Waals surface area contributed by atoms with Crippen LogP contribution in [0.3, 0.4) is 0 Å². The number of benzene rings is 3. The number of nitrogens with one attached hydrogen (secondary N) is 2. The fraction of sp³-hybridized carbons (Fsp3) is 0.0435. The molecule has 0 saturated heterocycles. The van der Waals surface area contributed by atoms with Crippen LogP contribution in [0.2, 0.25) is 0 Å². The van der Waals surface area contributed by atoms with Gasteiger partial charge in [0.05, 0.1) is 4.90 Å². The summed E-state index contributed by atoms with van der Waals surface area (Å²) in [5.74, 6) is -0.394. The summed E-state index contributed by atoms with van der Waals surface area (Å²) in [5, 5.41) is 5.60. The molecule has 31 heavy (non-hydrogen) atoms. The molecule has 8 heteroatoms. The Morgan fingerprint density at radius 2 is 1.65 bits per heavy atom. The molecule has 0 unspecified atom stereocenters. The van der Waals surface area contributed by atoms with Crippen LogP contribution < -0.4 is 10.0 Å². The summed E-state index contributed by atoms with van der Waals surface area (Å²) in [6.07, 6.45) is 1.74. The van der Waals surface area contributed by atoms with Gasteiger partial charge in [0.2, 0.25) is 0 Å². The number of hydrogen-bond donors (Lipinski definition) is 2. The van der Waals surface area contributed by atoms with Crippen molar-refractivity contribution in [3.8, 4) is 10.6 Å². The first kappa shape index (κ1) is 20.8. The number of rotatable bonds is 6. The van der Waals surface area contributed by atoms with E-state index in [9.17, 15) is 13.2 Å². The molecule has 0 saturated carbocycles. The lowest BCUT2D eigenvalue weighted by atomic mass is 10.2. The molecule has 0 spiro atoms. The molecule has 2 N–H and O–H groups in total. The molecular weight excluding hydrogens is 430 g/mol. The molecule has 1 heterocycles. The van der Waals surface area contributed by atoms with Gasteiger partial charge in [-0.1, -0.05) is 23.8 Å². The maximum atomic E-state index is 12.7. The average Bonchev–Trinajstić information content (AvgIpc) is 3.31. The normalized spacial score (nSPS) is 11.1. The van der Waals surface area contributed by atoms with Gasteiger partial charge in [-0.3, -0.25) is 9.52 Å². The van der Waals surface area contributed by atoms with Crippen LogP contribution in [0.5, 0.6) is 0 Å². The Kier molecular flexibility index (Phi) is 5.83. The van der Waals surface area contributed by atoms with E-state index in [0.29, 0.717) is 11.4 Å². The predicted molar refractivity (Wildman–Crippen MR) is 124 cm³/mol. The Morgan fingerprint density at radius 1 is 0.935 bits per heavy atom. The molecule has 0 atom stereocenters. The topological polar surface area (TPSA) is 88.2 Å². The standard InChI is InChI=1S/C23H19N3O3S2/c1-16-5-9-20(10-6-16)26-31(28,29)21-4-2-3-18(15-21)22(27)25-19-11-7-17(8-12-19)23-24-13-14-30-23/h2-15,26H,1H3,(H,25,27). The summed E-state index contributed by atoms with van der Waals surface area (Å²) < 4.78 is 28.0. The Hall–Kier alpha value is -3.49. The van der Waals surface area contributed by atoms with E-state index < -0.39 is 15.9 Å². The molecule has 0 aliphatic heterocycles. The van der Waals surface area contributed by atoms with Gasteiger partial charge >= 0.3 is 0 Å². The molecule has 4 rings (SSSR count). The lowest BCUT2D eigenvalue weighted by Gasteiger charge is -2.10. The van der Waals surface area contributed by atoms with E-state index in [1.54, 1.807) is 42.6 Å². The van der Waals surface area contributed by atoms with Crippen LogP contribution in [0, 0.1) is 6.92 Å². The molecule has 4 aromatic rings. The first-order valence-electron chi connectivity index (χ1n) is 9.41. The van der Waals surface area contributed by atoms with E-state index in [4.69, 9.17) is 0 Å². The highest BCUT2D eigenvalue weighted by atomic mass is 32.2. The number of carbonyl (C=O) groups excluding carboxylic acids is 1. The first-order valence-corrected chi connectivity index (χ1v) is 11.8. The Morgan fingerprint density at radius 3 is 2.32 bits per heavy atom. The minimum absolute atomic E-state index is 0.0137. The minimum Gasteiger partial charge on any atom is -0.322 e. The van der Waals surface area contributed by atoms with Gasteiger partial charge in [0.1, 0.15) is 5.01 Å². The number of carbonyl (C=O) groups is 1. The van der Waals surface area contributed by atoms with Gasteiger partial charge in [-0.2, -0.15) is 0 Å². The fourth-order valence-electron chi connectivity index (χ4n) is 2.91. The fourth-order valence-corrected chi connectivity index (χ4v) is 4.65. The summed E-state index contributed by atoms with van der Waals surface area (Å²) in [5.41, 5.74) is 3.30. The van der Waals surface area contributed by atoms with Gasteiger partial charge in [-0.15, -0.1) is 11.3 Å². The number of amides is 1. The van der Waals surface area contributed by atoms with E-state index in [-0.39, 0.29) is 10.5 Å². The van der Waals surface area contributed by atoms with Crippen molar-refractivity contribution in [1.82, 2.24) is 4.98 Å². The molecule has 6 nitrogen and oxygen atoms in total. The summed E-state index contributed by atoms with van der Waals surface area (Å²) >= 11 is 1.54. The van der Waals surface area contributed by atoms with E-state index in [1.165, 1.54) is 23.5 Å². The maximum absolute atomic E-state index is 12.7. The second kappa shape index (κ2) is 8.71. The van der Waals surface area contributed by atoms with E-state index >= 15 is 0 Å². The molecular formula is C23H19N3O3S2. The van der Waals surface area contributed by atoms with Crippen LogP contribution in [0.15, 0.2) is 89.3 Å². The van der Waals surface area contributed by atoms with Gasteiger partial charge < -0.3 is 5.32 Å². The van der Waals surface area contributed by atoms with Gasteiger partial charge in [0.15, 0.2) is 0 Å². The number of anilines is 2. The minimum atomic E-state index is -3.82. The van der Waals surface area contributed by atoms with Crippen molar-refractivity contribution in [2.24, 2.45) is 0 Å². The van der Waals surface area contributed by atoms with Crippen molar-refractivity contribution in [3.63, 3.8) is 0 Å². The van der Waals surface area contributed by atoms with Crippen LogP contribution >= 0.6 is 11.3 Å². The third kappa shape index (κ3) is 4.99. The van der Waals surface area contributed by atoms with Crippen molar-refractivity contribution < 1.29 is 13.2 Å². The second-order valence-corrected chi connectivity index (χ2v) is 9.45. The van der Waals surface area contributed by atoms with Gasteiger partial charge in [0.25, 0.3) is 15.9 Å². The predicted octanol–water partition coefficient (Wildman–Crippen LogP) is 5.17. The lowest BCUT2D eigenvalue weighted by molar-refractivity contribution is 0.102. The smallest absolute Gasteiger partial charge is 0.261 e. The van der Waals surface area contributed by atoms with Gasteiger partial charge in [-0.05, 0) is 61.5 Å². The molecule has 1 aromatic heterocycles. The Labute approximate surface area is 184 Å². The van der Waals surface area contributed by atoms with Crippen LogP contribution in [0.1, 0.15) is 15.9 Å².